The molecule has 2 fully saturated rings. The molecule has 0 radical (unpaired) electrons. The van der Waals surface area contributed by atoms with E-state index in [9.17, 15) is 9.18 Å². The summed E-state index contributed by atoms with van der Waals surface area (Å²) in [5.74, 6) is 0.0867. The molecule has 1 aromatic carbocycles. The molecule has 2 aliphatic heterocycles. The van der Waals surface area contributed by atoms with Gasteiger partial charge in [0.1, 0.15) is 5.82 Å². The van der Waals surface area contributed by atoms with Crippen molar-refractivity contribution in [3.8, 4) is 0 Å². The Labute approximate surface area is 160 Å². The van der Waals surface area contributed by atoms with E-state index in [0.717, 1.165) is 56.4 Å². The first-order valence-corrected chi connectivity index (χ1v) is 9.81. The molecule has 4 nitrogen and oxygen atoms in total. The van der Waals surface area contributed by atoms with Crippen molar-refractivity contribution in [2.24, 2.45) is 0 Å². The van der Waals surface area contributed by atoms with Crippen LogP contribution in [0.4, 0.5) is 4.39 Å². The molecule has 3 heterocycles. The van der Waals surface area contributed by atoms with Crippen LogP contribution in [-0.2, 0) is 17.9 Å². The zero-order valence-corrected chi connectivity index (χ0v) is 15.6. The molecule has 2 saturated heterocycles. The van der Waals surface area contributed by atoms with E-state index in [4.69, 9.17) is 0 Å². The van der Waals surface area contributed by atoms with Crippen molar-refractivity contribution in [3.05, 3.63) is 65.7 Å². The molecule has 0 N–H and O–H groups in total. The van der Waals surface area contributed by atoms with Crippen LogP contribution < -0.4 is 0 Å². The predicted molar refractivity (Wildman–Crippen MR) is 102 cm³/mol. The van der Waals surface area contributed by atoms with Gasteiger partial charge in [-0.15, -0.1) is 0 Å². The summed E-state index contributed by atoms with van der Waals surface area (Å²) in [6, 6.07) is 10.8. The third-order valence-corrected chi connectivity index (χ3v) is 6.10. The molecule has 2 aromatic rings. The van der Waals surface area contributed by atoms with Gasteiger partial charge in [-0.1, -0.05) is 12.1 Å². The van der Waals surface area contributed by atoms with E-state index in [1.54, 1.807) is 12.4 Å². The normalized spacial score (nSPS) is 23.7. The minimum atomic E-state index is -0.190. The Morgan fingerprint density at radius 1 is 0.926 bits per heavy atom. The SMILES string of the molecule is O=C1CCC2(CCCN(Cc3ccc(F)cc3)CC2)N1Cc1ccncc1. The Morgan fingerprint density at radius 3 is 2.44 bits per heavy atom. The molecular formula is C22H26FN3O. The summed E-state index contributed by atoms with van der Waals surface area (Å²) in [7, 11) is 0. The average Bonchev–Trinajstić information content (AvgIpc) is 2.86. The van der Waals surface area contributed by atoms with Crippen molar-refractivity contribution in [3.63, 3.8) is 0 Å². The number of hydrogen-bond donors (Lipinski definition) is 0. The first-order valence-electron chi connectivity index (χ1n) is 9.81. The monoisotopic (exact) mass is 367 g/mol. The third-order valence-electron chi connectivity index (χ3n) is 6.10. The van der Waals surface area contributed by atoms with Crippen LogP contribution >= 0.6 is 0 Å². The summed E-state index contributed by atoms with van der Waals surface area (Å²) in [5.41, 5.74) is 2.27. The summed E-state index contributed by atoms with van der Waals surface area (Å²) in [6.07, 6.45) is 8.35. The van der Waals surface area contributed by atoms with Crippen LogP contribution in [0.5, 0.6) is 0 Å². The van der Waals surface area contributed by atoms with Crippen LogP contribution in [0.25, 0.3) is 0 Å². The molecule has 27 heavy (non-hydrogen) atoms. The van der Waals surface area contributed by atoms with Crippen molar-refractivity contribution >= 4 is 5.91 Å². The van der Waals surface area contributed by atoms with Gasteiger partial charge in [0.05, 0.1) is 0 Å². The molecule has 1 unspecified atom stereocenters. The average molecular weight is 367 g/mol. The third kappa shape index (κ3) is 4.03. The number of benzene rings is 1. The van der Waals surface area contributed by atoms with Crippen LogP contribution in [-0.4, -0.2) is 39.3 Å². The quantitative estimate of drug-likeness (QED) is 0.825. The zero-order chi connectivity index (χ0) is 18.7. The van der Waals surface area contributed by atoms with Gasteiger partial charge in [0.25, 0.3) is 0 Å². The minimum absolute atomic E-state index is 0.0160. The Morgan fingerprint density at radius 2 is 1.67 bits per heavy atom. The maximum absolute atomic E-state index is 13.1. The molecule has 0 aliphatic carbocycles. The Hall–Kier alpha value is -2.27. The van der Waals surface area contributed by atoms with Gasteiger partial charge in [0.2, 0.25) is 5.91 Å². The second-order valence-corrected chi connectivity index (χ2v) is 7.82. The van der Waals surface area contributed by atoms with Gasteiger partial charge in [-0.2, -0.15) is 0 Å². The van der Waals surface area contributed by atoms with Crippen LogP contribution in [0, 0.1) is 5.82 Å². The summed E-state index contributed by atoms with van der Waals surface area (Å²) >= 11 is 0. The van der Waals surface area contributed by atoms with Gasteiger partial charge in [0, 0.05) is 44.0 Å². The zero-order valence-electron chi connectivity index (χ0n) is 15.6. The number of amides is 1. The highest BCUT2D eigenvalue weighted by Gasteiger charge is 2.45. The highest BCUT2D eigenvalue weighted by molar-refractivity contribution is 5.79. The van der Waals surface area contributed by atoms with Crippen LogP contribution in [0.1, 0.15) is 43.2 Å². The van der Waals surface area contributed by atoms with Crippen LogP contribution in [0.15, 0.2) is 48.8 Å². The van der Waals surface area contributed by atoms with Crippen LogP contribution in [0.3, 0.4) is 0 Å². The molecule has 142 valence electrons. The van der Waals surface area contributed by atoms with Gasteiger partial charge in [0.15, 0.2) is 0 Å². The molecule has 0 saturated carbocycles. The van der Waals surface area contributed by atoms with Gasteiger partial charge in [-0.25, -0.2) is 4.39 Å². The van der Waals surface area contributed by atoms with E-state index in [-0.39, 0.29) is 17.3 Å². The number of pyridine rings is 1. The fourth-order valence-corrected chi connectivity index (χ4v) is 4.56. The molecular weight excluding hydrogens is 341 g/mol. The lowest BCUT2D eigenvalue weighted by atomic mass is 9.87. The van der Waals surface area contributed by atoms with Crippen molar-refractivity contribution in [2.45, 2.75) is 50.7 Å². The first kappa shape index (κ1) is 18.1. The molecule has 1 amide bonds. The lowest BCUT2D eigenvalue weighted by Gasteiger charge is -2.38. The standard InChI is InChI=1S/C22H26FN3O/c23-20-4-2-18(3-5-20)16-25-14-1-9-22(11-15-25)10-6-21(27)26(22)17-19-7-12-24-13-8-19/h2-5,7-8,12-13H,1,6,9-11,14-17H2. The number of halogens is 1. The first-order chi connectivity index (χ1) is 13.1. The van der Waals surface area contributed by atoms with Gasteiger partial charge in [-0.05, 0) is 67.6 Å². The van der Waals surface area contributed by atoms with Gasteiger partial charge < -0.3 is 4.90 Å². The predicted octanol–water partition coefficient (Wildman–Crippen LogP) is 3.77. The second-order valence-electron chi connectivity index (χ2n) is 7.82. The Kier molecular flexibility index (Phi) is 5.21. The topological polar surface area (TPSA) is 36.4 Å². The molecule has 1 atom stereocenters. The van der Waals surface area contributed by atoms with Crippen molar-refractivity contribution < 1.29 is 9.18 Å². The van der Waals surface area contributed by atoms with Gasteiger partial charge >= 0.3 is 0 Å². The summed E-state index contributed by atoms with van der Waals surface area (Å²) in [5, 5.41) is 0. The summed E-state index contributed by atoms with van der Waals surface area (Å²) < 4.78 is 13.1. The van der Waals surface area contributed by atoms with Gasteiger partial charge in [-0.3, -0.25) is 14.7 Å². The largest absolute Gasteiger partial charge is 0.333 e. The number of nitrogens with zero attached hydrogens (tertiary/aromatic N) is 3. The summed E-state index contributed by atoms with van der Waals surface area (Å²) in [4.78, 5) is 21.3. The molecule has 4 rings (SSSR count). The lowest BCUT2D eigenvalue weighted by molar-refractivity contribution is -0.132. The van der Waals surface area contributed by atoms with E-state index in [1.807, 2.05) is 24.3 Å². The van der Waals surface area contributed by atoms with E-state index in [2.05, 4.69) is 14.8 Å². The summed E-state index contributed by atoms with van der Waals surface area (Å²) in [6.45, 7) is 3.52. The highest BCUT2D eigenvalue weighted by Crippen LogP contribution is 2.40. The minimum Gasteiger partial charge on any atom is -0.333 e. The number of rotatable bonds is 4. The smallest absolute Gasteiger partial charge is 0.223 e. The van der Waals surface area contributed by atoms with E-state index < -0.39 is 0 Å². The second kappa shape index (κ2) is 7.77. The molecule has 2 aliphatic rings. The van der Waals surface area contributed by atoms with E-state index >= 15 is 0 Å². The number of carbonyl (C=O) groups is 1. The Bertz CT molecular complexity index is 780. The van der Waals surface area contributed by atoms with Crippen LogP contribution in [0.2, 0.25) is 0 Å². The molecule has 1 aromatic heterocycles. The molecule has 0 bridgehead atoms. The fraction of sp³-hybridized carbons (Fsp3) is 0.455. The fourth-order valence-electron chi connectivity index (χ4n) is 4.56. The number of aromatic nitrogens is 1. The van der Waals surface area contributed by atoms with Crippen molar-refractivity contribution in [1.29, 1.82) is 0 Å². The van der Waals surface area contributed by atoms with Crippen molar-refractivity contribution in [2.75, 3.05) is 13.1 Å². The number of likely N-dealkylation sites (tertiary alicyclic amines) is 2. The maximum atomic E-state index is 13.1. The van der Waals surface area contributed by atoms with E-state index in [1.165, 1.54) is 12.1 Å². The molecule has 1 spiro atoms. The lowest BCUT2D eigenvalue weighted by Crippen LogP contribution is -2.45. The maximum Gasteiger partial charge on any atom is 0.223 e. The molecule has 5 heteroatoms. The Balaban J connectivity index is 1.45. The van der Waals surface area contributed by atoms with Crippen molar-refractivity contribution in [1.82, 2.24) is 14.8 Å². The highest BCUT2D eigenvalue weighted by atomic mass is 19.1. The number of hydrogen-bond acceptors (Lipinski definition) is 3. The van der Waals surface area contributed by atoms with E-state index in [0.29, 0.717) is 13.0 Å². The number of carbonyl (C=O) groups excluding carboxylic acids is 1.